The first-order valence-electron chi connectivity index (χ1n) is 8.49. The van der Waals surface area contributed by atoms with Crippen LogP contribution >= 0.6 is 27.5 Å². The minimum atomic E-state index is -0.294. The summed E-state index contributed by atoms with van der Waals surface area (Å²) in [4.78, 5) is 13.5. The SMILES string of the molecule is O=[N+]([O-])c1cc(Br)ccc1N(Cc1ccc(Cl)cc1)C1CCCCC1. The minimum absolute atomic E-state index is 0.147. The lowest BCUT2D eigenvalue weighted by atomic mass is 9.93. The van der Waals surface area contributed by atoms with Crippen molar-refractivity contribution in [2.45, 2.75) is 44.7 Å². The molecule has 1 saturated carbocycles. The average Bonchev–Trinajstić information content (AvgIpc) is 2.62. The van der Waals surface area contributed by atoms with Crippen LogP contribution in [0, 0.1) is 10.1 Å². The van der Waals surface area contributed by atoms with Crippen LogP contribution < -0.4 is 4.90 Å². The summed E-state index contributed by atoms with van der Waals surface area (Å²) < 4.78 is 0.720. The Bertz CT molecular complexity index is 746. The number of benzene rings is 2. The summed E-state index contributed by atoms with van der Waals surface area (Å²) >= 11 is 9.34. The fourth-order valence-corrected chi connectivity index (χ4v) is 3.95. The predicted molar refractivity (Wildman–Crippen MR) is 105 cm³/mol. The summed E-state index contributed by atoms with van der Waals surface area (Å²) in [5, 5.41) is 12.3. The van der Waals surface area contributed by atoms with Crippen LogP contribution in [0.15, 0.2) is 46.9 Å². The quantitative estimate of drug-likeness (QED) is 0.416. The summed E-state index contributed by atoms with van der Waals surface area (Å²) in [6.07, 6.45) is 5.73. The van der Waals surface area contributed by atoms with Gasteiger partial charge in [-0.3, -0.25) is 10.1 Å². The van der Waals surface area contributed by atoms with Crippen LogP contribution in [-0.2, 0) is 6.54 Å². The van der Waals surface area contributed by atoms with Crippen molar-refractivity contribution in [2.24, 2.45) is 0 Å². The van der Waals surface area contributed by atoms with E-state index in [1.807, 2.05) is 36.4 Å². The van der Waals surface area contributed by atoms with E-state index in [0.717, 1.165) is 22.9 Å². The number of nitrogens with zero attached hydrogens (tertiary/aromatic N) is 2. The second-order valence-electron chi connectivity index (χ2n) is 6.44. The maximum Gasteiger partial charge on any atom is 0.293 e. The van der Waals surface area contributed by atoms with Crippen LogP contribution in [0.4, 0.5) is 11.4 Å². The van der Waals surface area contributed by atoms with Crippen molar-refractivity contribution in [1.29, 1.82) is 0 Å². The zero-order chi connectivity index (χ0) is 17.8. The summed E-state index contributed by atoms with van der Waals surface area (Å²) in [6.45, 7) is 0.643. The van der Waals surface area contributed by atoms with Gasteiger partial charge in [-0.15, -0.1) is 0 Å². The lowest BCUT2D eigenvalue weighted by molar-refractivity contribution is -0.384. The third kappa shape index (κ3) is 4.53. The molecule has 2 aromatic rings. The lowest BCUT2D eigenvalue weighted by Crippen LogP contribution is -2.36. The number of rotatable bonds is 5. The summed E-state index contributed by atoms with van der Waals surface area (Å²) in [5.41, 5.74) is 1.94. The number of halogens is 2. The number of hydrogen-bond donors (Lipinski definition) is 0. The van der Waals surface area contributed by atoms with E-state index in [2.05, 4.69) is 20.8 Å². The van der Waals surface area contributed by atoms with Crippen molar-refractivity contribution in [3.8, 4) is 0 Å². The molecule has 2 aromatic carbocycles. The van der Waals surface area contributed by atoms with Crippen LogP contribution in [-0.4, -0.2) is 11.0 Å². The highest BCUT2D eigenvalue weighted by Gasteiger charge is 2.27. The van der Waals surface area contributed by atoms with E-state index in [0.29, 0.717) is 23.3 Å². The minimum Gasteiger partial charge on any atom is -0.359 e. The van der Waals surface area contributed by atoms with Crippen LogP contribution in [0.1, 0.15) is 37.7 Å². The maximum atomic E-state index is 11.6. The first-order chi connectivity index (χ1) is 12.0. The molecule has 1 fully saturated rings. The topological polar surface area (TPSA) is 46.4 Å². The van der Waals surface area contributed by atoms with Gasteiger partial charge in [-0.25, -0.2) is 0 Å². The van der Waals surface area contributed by atoms with Gasteiger partial charge in [0.15, 0.2) is 0 Å². The molecule has 132 valence electrons. The molecule has 0 heterocycles. The summed E-state index contributed by atoms with van der Waals surface area (Å²) in [7, 11) is 0. The molecule has 0 amide bonds. The Morgan fingerprint density at radius 3 is 2.44 bits per heavy atom. The maximum absolute atomic E-state index is 11.6. The van der Waals surface area contributed by atoms with Crippen LogP contribution in [0.3, 0.4) is 0 Å². The highest BCUT2D eigenvalue weighted by atomic mass is 79.9. The van der Waals surface area contributed by atoms with Crippen LogP contribution in [0.5, 0.6) is 0 Å². The zero-order valence-corrected chi connectivity index (χ0v) is 16.2. The first-order valence-corrected chi connectivity index (χ1v) is 9.67. The molecule has 1 aliphatic rings. The Hall–Kier alpha value is -1.59. The molecule has 0 unspecified atom stereocenters. The second kappa shape index (κ2) is 8.19. The van der Waals surface area contributed by atoms with Crippen molar-refractivity contribution >= 4 is 38.9 Å². The molecule has 0 radical (unpaired) electrons. The smallest absolute Gasteiger partial charge is 0.293 e. The number of nitro groups is 1. The van der Waals surface area contributed by atoms with E-state index in [4.69, 9.17) is 11.6 Å². The molecule has 0 aliphatic heterocycles. The third-order valence-corrected chi connectivity index (χ3v) is 5.47. The van der Waals surface area contributed by atoms with Crippen molar-refractivity contribution < 1.29 is 4.92 Å². The van der Waals surface area contributed by atoms with E-state index in [-0.39, 0.29) is 10.6 Å². The number of anilines is 1. The molecule has 0 N–H and O–H groups in total. The van der Waals surface area contributed by atoms with Gasteiger partial charge in [0, 0.05) is 28.1 Å². The normalized spacial score (nSPS) is 15.1. The van der Waals surface area contributed by atoms with Crippen molar-refractivity contribution in [1.82, 2.24) is 0 Å². The van der Waals surface area contributed by atoms with Gasteiger partial charge in [0.1, 0.15) is 5.69 Å². The summed E-state index contributed by atoms with van der Waals surface area (Å²) in [6, 6.07) is 13.4. The highest BCUT2D eigenvalue weighted by molar-refractivity contribution is 9.10. The van der Waals surface area contributed by atoms with Gasteiger partial charge in [0.2, 0.25) is 0 Å². The standard InChI is InChI=1S/C19H20BrClN2O2/c20-15-8-11-18(19(12-15)23(24)25)22(17-4-2-1-3-5-17)13-14-6-9-16(21)10-7-14/h6-12,17H,1-5,13H2. The van der Waals surface area contributed by atoms with Crippen molar-refractivity contribution in [3.05, 3.63) is 67.6 Å². The first kappa shape index (κ1) is 18.2. The molecule has 6 heteroatoms. The Kier molecular flexibility index (Phi) is 5.97. The van der Waals surface area contributed by atoms with E-state index < -0.39 is 0 Å². The molecular formula is C19H20BrClN2O2. The molecule has 3 rings (SSSR count). The second-order valence-corrected chi connectivity index (χ2v) is 7.79. The van der Waals surface area contributed by atoms with E-state index >= 15 is 0 Å². The van der Waals surface area contributed by atoms with E-state index in [9.17, 15) is 10.1 Å². The van der Waals surface area contributed by atoms with Gasteiger partial charge >= 0.3 is 0 Å². The van der Waals surface area contributed by atoms with Gasteiger partial charge in [0.25, 0.3) is 5.69 Å². The average molecular weight is 424 g/mol. The van der Waals surface area contributed by atoms with Crippen LogP contribution in [0.25, 0.3) is 0 Å². The van der Waals surface area contributed by atoms with Gasteiger partial charge in [-0.2, -0.15) is 0 Å². The Balaban J connectivity index is 1.98. The molecule has 0 atom stereocenters. The molecule has 0 spiro atoms. The molecule has 4 nitrogen and oxygen atoms in total. The van der Waals surface area contributed by atoms with Gasteiger partial charge in [0.05, 0.1) is 4.92 Å². The van der Waals surface area contributed by atoms with Gasteiger partial charge in [-0.1, -0.05) is 58.9 Å². The molecule has 0 bridgehead atoms. The lowest BCUT2D eigenvalue weighted by Gasteiger charge is -2.36. The van der Waals surface area contributed by atoms with E-state index in [1.165, 1.54) is 19.3 Å². The monoisotopic (exact) mass is 422 g/mol. The molecule has 25 heavy (non-hydrogen) atoms. The molecule has 0 aromatic heterocycles. The highest BCUT2D eigenvalue weighted by Crippen LogP contribution is 2.36. The van der Waals surface area contributed by atoms with Crippen molar-refractivity contribution in [2.75, 3.05) is 4.90 Å². The van der Waals surface area contributed by atoms with E-state index in [1.54, 1.807) is 6.07 Å². The Labute approximate surface area is 161 Å². The zero-order valence-electron chi connectivity index (χ0n) is 13.8. The fraction of sp³-hybridized carbons (Fsp3) is 0.368. The molecule has 1 aliphatic carbocycles. The van der Waals surface area contributed by atoms with Gasteiger partial charge < -0.3 is 4.90 Å². The van der Waals surface area contributed by atoms with Crippen LogP contribution in [0.2, 0.25) is 5.02 Å². The molecule has 0 saturated heterocycles. The Morgan fingerprint density at radius 2 is 1.80 bits per heavy atom. The van der Waals surface area contributed by atoms with Crippen molar-refractivity contribution in [3.63, 3.8) is 0 Å². The summed E-state index contributed by atoms with van der Waals surface area (Å²) in [5.74, 6) is 0. The predicted octanol–water partition coefficient (Wildman–Crippen LogP) is 6.35. The largest absolute Gasteiger partial charge is 0.359 e. The third-order valence-electron chi connectivity index (χ3n) is 4.73. The number of hydrogen-bond acceptors (Lipinski definition) is 3. The Morgan fingerprint density at radius 1 is 1.12 bits per heavy atom. The molecular weight excluding hydrogens is 404 g/mol. The fourth-order valence-electron chi connectivity index (χ4n) is 3.48. The van der Waals surface area contributed by atoms with Gasteiger partial charge in [-0.05, 0) is 42.7 Å². The number of nitro benzene ring substituents is 1.